The first-order chi connectivity index (χ1) is 10.3. The summed E-state index contributed by atoms with van der Waals surface area (Å²) in [4.78, 5) is 17.2. The highest BCUT2D eigenvalue weighted by atomic mass is 16.5. The molecule has 0 spiro atoms. The maximum absolute atomic E-state index is 12.9. The molecule has 2 saturated heterocycles. The quantitative estimate of drug-likeness (QED) is 0.833. The molecule has 1 aromatic carbocycles. The number of amides is 1. The number of piperazine rings is 1. The van der Waals surface area contributed by atoms with Crippen LogP contribution in [-0.2, 0) is 9.53 Å². The fourth-order valence-corrected chi connectivity index (χ4v) is 3.27. The average molecular weight is 288 g/mol. The number of rotatable bonds is 2. The minimum absolute atomic E-state index is 0.0236. The molecule has 114 valence electrons. The molecule has 0 radical (unpaired) electrons. The van der Waals surface area contributed by atoms with Crippen molar-refractivity contribution in [1.29, 1.82) is 0 Å². The van der Waals surface area contributed by atoms with Crippen LogP contribution >= 0.6 is 0 Å². The zero-order valence-corrected chi connectivity index (χ0v) is 12.7. The van der Waals surface area contributed by atoms with E-state index >= 15 is 0 Å². The molecule has 2 heterocycles. The summed E-state index contributed by atoms with van der Waals surface area (Å²) in [6, 6.07) is 10.2. The van der Waals surface area contributed by atoms with Crippen LogP contribution in [0.5, 0.6) is 0 Å². The molecule has 0 N–H and O–H groups in total. The molecule has 0 aromatic heterocycles. The number of hydrogen-bond donors (Lipinski definition) is 0. The van der Waals surface area contributed by atoms with Crippen molar-refractivity contribution in [1.82, 2.24) is 9.80 Å². The van der Waals surface area contributed by atoms with Crippen LogP contribution in [0.3, 0.4) is 0 Å². The van der Waals surface area contributed by atoms with Crippen LogP contribution in [0.15, 0.2) is 30.3 Å². The summed E-state index contributed by atoms with van der Waals surface area (Å²) in [7, 11) is 2.11. The van der Waals surface area contributed by atoms with E-state index in [1.165, 1.54) is 0 Å². The Hall–Kier alpha value is -1.39. The second-order valence-corrected chi connectivity index (χ2v) is 6.08. The highest BCUT2D eigenvalue weighted by molar-refractivity contribution is 5.80. The Kier molecular flexibility index (Phi) is 4.56. The van der Waals surface area contributed by atoms with Gasteiger partial charge in [0.2, 0.25) is 5.91 Å². The van der Waals surface area contributed by atoms with Crippen LogP contribution in [0, 0.1) is 5.92 Å². The first kappa shape index (κ1) is 14.5. The molecule has 0 bridgehead atoms. The van der Waals surface area contributed by atoms with Gasteiger partial charge in [0.05, 0.1) is 12.0 Å². The van der Waals surface area contributed by atoms with Crippen molar-refractivity contribution in [3.05, 3.63) is 35.9 Å². The van der Waals surface area contributed by atoms with Crippen molar-refractivity contribution in [2.75, 3.05) is 39.8 Å². The van der Waals surface area contributed by atoms with Gasteiger partial charge in [0, 0.05) is 32.8 Å². The summed E-state index contributed by atoms with van der Waals surface area (Å²) in [6.45, 7) is 4.37. The van der Waals surface area contributed by atoms with Gasteiger partial charge in [-0.25, -0.2) is 0 Å². The van der Waals surface area contributed by atoms with Crippen molar-refractivity contribution in [3.63, 3.8) is 0 Å². The van der Waals surface area contributed by atoms with E-state index in [1.54, 1.807) is 0 Å². The molecule has 3 rings (SSSR count). The zero-order valence-electron chi connectivity index (χ0n) is 12.7. The number of nitrogens with zero attached hydrogens (tertiary/aromatic N) is 2. The Morgan fingerprint density at radius 1 is 1.14 bits per heavy atom. The molecule has 2 aliphatic rings. The maximum atomic E-state index is 12.9. The first-order valence-corrected chi connectivity index (χ1v) is 7.89. The summed E-state index contributed by atoms with van der Waals surface area (Å²) in [5.41, 5.74) is 1.13. The van der Waals surface area contributed by atoms with E-state index in [-0.39, 0.29) is 17.9 Å². The molecule has 4 nitrogen and oxygen atoms in total. The molecule has 4 heteroatoms. The van der Waals surface area contributed by atoms with E-state index in [2.05, 4.69) is 24.1 Å². The van der Waals surface area contributed by atoms with E-state index in [0.717, 1.165) is 51.2 Å². The standard InChI is InChI=1S/C17H24N2O2/c1-18-9-11-19(12-10-18)17(20)15-8-5-13-21-16(15)14-6-3-2-4-7-14/h2-4,6-7,15-16H,5,8-13H2,1H3/t15-,16+/m0/s1. The van der Waals surface area contributed by atoms with Gasteiger partial charge in [0.25, 0.3) is 0 Å². The average Bonchev–Trinajstić information content (AvgIpc) is 2.56. The number of carbonyl (C=O) groups excluding carboxylic acids is 1. The lowest BCUT2D eigenvalue weighted by Gasteiger charge is -2.38. The van der Waals surface area contributed by atoms with E-state index in [1.807, 2.05) is 23.1 Å². The molecular weight excluding hydrogens is 264 g/mol. The van der Waals surface area contributed by atoms with Crippen LogP contribution in [0.4, 0.5) is 0 Å². The fraction of sp³-hybridized carbons (Fsp3) is 0.588. The topological polar surface area (TPSA) is 32.8 Å². The number of carbonyl (C=O) groups is 1. The second-order valence-electron chi connectivity index (χ2n) is 6.08. The van der Waals surface area contributed by atoms with Crippen molar-refractivity contribution in [2.24, 2.45) is 5.92 Å². The smallest absolute Gasteiger partial charge is 0.228 e. The van der Waals surface area contributed by atoms with Gasteiger partial charge in [-0.1, -0.05) is 30.3 Å². The predicted octanol–water partition coefficient (Wildman–Crippen LogP) is 1.93. The minimum atomic E-state index is -0.0768. The Labute approximate surface area is 126 Å². The second kappa shape index (κ2) is 6.58. The van der Waals surface area contributed by atoms with Gasteiger partial charge in [-0.2, -0.15) is 0 Å². The predicted molar refractivity (Wildman–Crippen MR) is 81.9 cm³/mol. The highest BCUT2D eigenvalue weighted by Crippen LogP contribution is 2.34. The van der Waals surface area contributed by atoms with E-state index < -0.39 is 0 Å². The Bertz CT molecular complexity index is 469. The van der Waals surface area contributed by atoms with Crippen LogP contribution in [0.25, 0.3) is 0 Å². The third kappa shape index (κ3) is 3.27. The van der Waals surface area contributed by atoms with Gasteiger partial charge in [-0.3, -0.25) is 4.79 Å². The normalized spacial score (nSPS) is 27.6. The summed E-state index contributed by atoms with van der Waals surface area (Å²) >= 11 is 0. The maximum Gasteiger partial charge on any atom is 0.228 e. The molecule has 0 unspecified atom stereocenters. The monoisotopic (exact) mass is 288 g/mol. The van der Waals surface area contributed by atoms with Crippen LogP contribution < -0.4 is 0 Å². The lowest BCUT2D eigenvalue weighted by Crippen LogP contribution is -2.50. The molecule has 1 aromatic rings. The lowest BCUT2D eigenvalue weighted by molar-refractivity contribution is -0.147. The summed E-state index contributed by atoms with van der Waals surface area (Å²) in [5.74, 6) is 0.251. The minimum Gasteiger partial charge on any atom is -0.373 e. The fourth-order valence-electron chi connectivity index (χ4n) is 3.27. The Morgan fingerprint density at radius 2 is 1.86 bits per heavy atom. The van der Waals surface area contributed by atoms with Crippen molar-refractivity contribution >= 4 is 5.91 Å². The number of likely N-dealkylation sites (N-methyl/N-ethyl adjacent to an activating group) is 1. The molecule has 21 heavy (non-hydrogen) atoms. The number of ether oxygens (including phenoxy) is 1. The van der Waals surface area contributed by atoms with Crippen LogP contribution in [0.2, 0.25) is 0 Å². The SMILES string of the molecule is CN1CCN(C(=O)[C@H]2CCCO[C@@H]2c2ccccc2)CC1. The third-order valence-corrected chi connectivity index (χ3v) is 4.58. The summed E-state index contributed by atoms with van der Waals surface area (Å²) < 4.78 is 5.95. The van der Waals surface area contributed by atoms with Crippen molar-refractivity contribution in [3.8, 4) is 0 Å². The molecular formula is C17H24N2O2. The van der Waals surface area contributed by atoms with Gasteiger partial charge in [-0.15, -0.1) is 0 Å². The molecule has 2 atom stereocenters. The van der Waals surface area contributed by atoms with E-state index in [0.29, 0.717) is 0 Å². The molecule has 0 saturated carbocycles. The number of benzene rings is 1. The van der Waals surface area contributed by atoms with Crippen LogP contribution in [-0.4, -0.2) is 55.5 Å². The van der Waals surface area contributed by atoms with Gasteiger partial charge in [0.1, 0.15) is 0 Å². The lowest BCUT2D eigenvalue weighted by atomic mass is 9.88. The Morgan fingerprint density at radius 3 is 2.57 bits per heavy atom. The molecule has 1 amide bonds. The van der Waals surface area contributed by atoms with Gasteiger partial charge in [0.15, 0.2) is 0 Å². The van der Waals surface area contributed by atoms with Gasteiger partial charge in [-0.05, 0) is 25.5 Å². The third-order valence-electron chi connectivity index (χ3n) is 4.58. The summed E-state index contributed by atoms with van der Waals surface area (Å²) in [5, 5.41) is 0. The van der Waals surface area contributed by atoms with Gasteiger partial charge < -0.3 is 14.5 Å². The number of hydrogen-bond acceptors (Lipinski definition) is 3. The molecule has 2 aliphatic heterocycles. The van der Waals surface area contributed by atoms with E-state index in [4.69, 9.17) is 4.74 Å². The van der Waals surface area contributed by atoms with E-state index in [9.17, 15) is 4.79 Å². The molecule has 0 aliphatic carbocycles. The Balaban J connectivity index is 1.73. The van der Waals surface area contributed by atoms with Crippen LogP contribution in [0.1, 0.15) is 24.5 Å². The van der Waals surface area contributed by atoms with Crippen molar-refractivity contribution < 1.29 is 9.53 Å². The van der Waals surface area contributed by atoms with Crippen molar-refractivity contribution in [2.45, 2.75) is 18.9 Å². The largest absolute Gasteiger partial charge is 0.373 e. The zero-order chi connectivity index (χ0) is 14.7. The summed E-state index contributed by atoms with van der Waals surface area (Å²) in [6.07, 6.45) is 1.84. The van der Waals surface area contributed by atoms with Gasteiger partial charge >= 0.3 is 0 Å². The molecule has 2 fully saturated rings. The first-order valence-electron chi connectivity index (χ1n) is 7.89. The highest BCUT2D eigenvalue weighted by Gasteiger charge is 2.36.